The molecule has 0 heterocycles. The van der Waals surface area contributed by atoms with Gasteiger partial charge in [-0.2, -0.15) is 11.8 Å². The van der Waals surface area contributed by atoms with E-state index in [0.29, 0.717) is 22.4 Å². The van der Waals surface area contributed by atoms with Crippen molar-refractivity contribution in [2.24, 2.45) is 0 Å². The second-order valence-corrected chi connectivity index (χ2v) is 5.73. The lowest BCUT2D eigenvalue weighted by molar-refractivity contribution is -0.129. The lowest BCUT2D eigenvalue weighted by Gasteiger charge is -2.14. The fourth-order valence-corrected chi connectivity index (χ4v) is 2.04. The van der Waals surface area contributed by atoms with E-state index < -0.39 is 12.0 Å². The third kappa shape index (κ3) is 4.52. The number of aliphatic hydroxyl groups is 1. The van der Waals surface area contributed by atoms with Crippen LogP contribution in [0, 0.1) is 0 Å². The molecule has 1 aromatic rings. The molecule has 0 radical (unpaired) electrons. The molecule has 1 aromatic carbocycles. The van der Waals surface area contributed by atoms with Crippen LogP contribution in [0.5, 0.6) is 0 Å². The van der Waals surface area contributed by atoms with Crippen LogP contribution in [0.25, 0.3) is 0 Å². The molecule has 0 saturated carbocycles. The lowest BCUT2D eigenvalue weighted by atomic mass is 10.1. The highest BCUT2D eigenvalue weighted by molar-refractivity contribution is 7.99. The maximum absolute atomic E-state index is 11.7. The van der Waals surface area contributed by atoms with E-state index in [1.165, 1.54) is 0 Å². The molecule has 1 rings (SSSR count). The van der Waals surface area contributed by atoms with Crippen molar-refractivity contribution in [1.82, 2.24) is 5.32 Å². The normalized spacial score (nSPS) is 14.0. The van der Waals surface area contributed by atoms with E-state index in [9.17, 15) is 9.90 Å². The first-order valence-electron chi connectivity index (χ1n) is 5.79. The number of halogens is 1. The molecule has 0 aliphatic rings. The second kappa shape index (κ2) is 7.67. The van der Waals surface area contributed by atoms with Crippen molar-refractivity contribution < 1.29 is 9.90 Å². The Balaban J connectivity index is 2.49. The van der Waals surface area contributed by atoms with Gasteiger partial charge in [0.05, 0.1) is 0 Å². The van der Waals surface area contributed by atoms with Gasteiger partial charge in [0.15, 0.2) is 6.10 Å². The van der Waals surface area contributed by atoms with Gasteiger partial charge in [-0.3, -0.25) is 4.79 Å². The molecule has 0 aliphatic heterocycles. The van der Waals surface area contributed by atoms with Crippen LogP contribution in [0.3, 0.4) is 0 Å². The van der Waals surface area contributed by atoms with Gasteiger partial charge >= 0.3 is 0 Å². The zero-order valence-electron chi connectivity index (χ0n) is 10.5. The predicted molar refractivity (Wildman–Crippen MR) is 77.0 cm³/mol. The van der Waals surface area contributed by atoms with Crippen LogP contribution in [0.2, 0.25) is 5.02 Å². The number of hydrogen-bond acceptors (Lipinski definition) is 3. The fraction of sp³-hybridized carbons (Fsp3) is 0.462. The zero-order chi connectivity index (χ0) is 13.5. The van der Waals surface area contributed by atoms with Gasteiger partial charge in [-0.05, 0) is 18.7 Å². The maximum Gasteiger partial charge on any atom is 0.253 e. The van der Waals surface area contributed by atoms with Crippen molar-refractivity contribution in [3.8, 4) is 0 Å². The Labute approximate surface area is 117 Å². The Morgan fingerprint density at radius 2 is 2.17 bits per heavy atom. The highest BCUT2D eigenvalue weighted by Gasteiger charge is 2.19. The molecule has 2 N–H and O–H groups in total. The summed E-state index contributed by atoms with van der Waals surface area (Å²) in [5, 5.41) is 13.5. The van der Waals surface area contributed by atoms with Crippen LogP contribution < -0.4 is 5.32 Å². The van der Waals surface area contributed by atoms with Crippen molar-refractivity contribution in [2.75, 3.05) is 12.8 Å². The molecular formula is C13H18ClNO2S. The number of hydrogen-bond donors (Lipinski definition) is 2. The summed E-state index contributed by atoms with van der Waals surface area (Å²) >= 11 is 7.68. The first-order valence-corrected chi connectivity index (χ1v) is 7.45. The van der Waals surface area contributed by atoms with Crippen LogP contribution in [0.4, 0.5) is 0 Å². The highest BCUT2D eigenvalue weighted by atomic mass is 35.5. The third-order valence-corrected chi connectivity index (χ3v) is 4.09. The van der Waals surface area contributed by atoms with E-state index in [-0.39, 0.29) is 0 Å². The number of carbonyl (C=O) groups excluding carboxylic acids is 1. The minimum absolute atomic E-state index is 0.401. The van der Waals surface area contributed by atoms with Gasteiger partial charge in [-0.15, -0.1) is 0 Å². The zero-order valence-corrected chi connectivity index (χ0v) is 12.1. The van der Waals surface area contributed by atoms with E-state index in [0.717, 1.165) is 6.42 Å². The van der Waals surface area contributed by atoms with Crippen LogP contribution in [0.15, 0.2) is 24.3 Å². The van der Waals surface area contributed by atoms with Crippen molar-refractivity contribution in [1.29, 1.82) is 0 Å². The SMILES string of the molecule is CSC(C)CCNC(=O)[C@H](O)c1ccccc1Cl. The quantitative estimate of drug-likeness (QED) is 0.846. The first kappa shape index (κ1) is 15.3. The van der Waals surface area contributed by atoms with Gasteiger partial charge in [-0.25, -0.2) is 0 Å². The standard InChI is InChI=1S/C13H18ClNO2S/c1-9(18-2)7-8-15-13(17)12(16)10-5-3-4-6-11(10)14/h3-6,9,12,16H,7-8H2,1-2H3,(H,15,17)/t9?,12-/m1/s1. The molecular weight excluding hydrogens is 270 g/mol. The summed E-state index contributed by atoms with van der Waals surface area (Å²) in [7, 11) is 0. The van der Waals surface area contributed by atoms with Crippen molar-refractivity contribution >= 4 is 29.3 Å². The van der Waals surface area contributed by atoms with E-state index in [2.05, 4.69) is 12.2 Å². The Bertz CT molecular complexity index is 400. The monoisotopic (exact) mass is 287 g/mol. The van der Waals surface area contributed by atoms with Crippen molar-refractivity contribution in [3.05, 3.63) is 34.9 Å². The van der Waals surface area contributed by atoms with Crippen molar-refractivity contribution in [2.45, 2.75) is 24.7 Å². The molecule has 1 unspecified atom stereocenters. The summed E-state index contributed by atoms with van der Waals surface area (Å²) in [6.07, 6.45) is 1.70. The number of carbonyl (C=O) groups is 1. The summed E-state index contributed by atoms with van der Waals surface area (Å²) < 4.78 is 0. The third-order valence-electron chi connectivity index (χ3n) is 2.70. The fourth-order valence-electron chi connectivity index (χ4n) is 1.45. The number of nitrogens with one attached hydrogen (secondary N) is 1. The van der Waals surface area contributed by atoms with Crippen LogP contribution in [0.1, 0.15) is 25.0 Å². The summed E-state index contributed by atoms with van der Waals surface area (Å²) in [6.45, 7) is 2.66. The predicted octanol–water partition coefficient (Wildman–Crippen LogP) is 2.63. The van der Waals surface area contributed by atoms with Gasteiger partial charge in [0.1, 0.15) is 0 Å². The number of aliphatic hydroxyl groups excluding tert-OH is 1. The first-order chi connectivity index (χ1) is 8.56. The smallest absolute Gasteiger partial charge is 0.253 e. The maximum atomic E-state index is 11.7. The van der Waals surface area contributed by atoms with Crippen LogP contribution >= 0.6 is 23.4 Å². The summed E-state index contributed by atoms with van der Waals surface area (Å²) in [4.78, 5) is 11.7. The van der Waals surface area contributed by atoms with E-state index in [4.69, 9.17) is 11.6 Å². The molecule has 5 heteroatoms. The van der Waals surface area contributed by atoms with E-state index in [1.807, 2.05) is 6.26 Å². The van der Waals surface area contributed by atoms with Gasteiger partial charge in [0, 0.05) is 22.4 Å². The Kier molecular flexibility index (Phi) is 6.54. The number of amides is 1. The van der Waals surface area contributed by atoms with Gasteiger partial charge in [0.25, 0.3) is 5.91 Å². The topological polar surface area (TPSA) is 49.3 Å². The number of benzene rings is 1. The second-order valence-electron chi connectivity index (χ2n) is 4.05. The molecule has 3 nitrogen and oxygen atoms in total. The molecule has 0 bridgehead atoms. The lowest BCUT2D eigenvalue weighted by Crippen LogP contribution is -2.31. The molecule has 18 heavy (non-hydrogen) atoms. The minimum Gasteiger partial charge on any atom is -0.378 e. The minimum atomic E-state index is -1.21. The van der Waals surface area contributed by atoms with Crippen LogP contribution in [-0.2, 0) is 4.79 Å². The van der Waals surface area contributed by atoms with Gasteiger partial charge in [0.2, 0.25) is 0 Å². The van der Waals surface area contributed by atoms with Gasteiger partial charge in [-0.1, -0.05) is 36.7 Å². The molecule has 2 atom stereocenters. The molecule has 1 amide bonds. The molecule has 100 valence electrons. The Morgan fingerprint density at radius 3 is 2.78 bits per heavy atom. The van der Waals surface area contributed by atoms with E-state index in [1.54, 1.807) is 36.0 Å². The molecule has 0 saturated heterocycles. The van der Waals surface area contributed by atoms with Gasteiger partial charge < -0.3 is 10.4 Å². The number of thioether (sulfide) groups is 1. The summed E-state index contributed by atoms with van der Waals surface area (Å²) in [6, 6.07) is 6.81. The van der Waals surface area contributed by atoms with Crippen LogP contribution in [-0.4, -0.2) is 29.1 Å². The Morgan fingerprint density at radius 1 is 1.50 bits per heavy atom. The average Bonchev–Trinajstić information content (AvgIpc) is 2.38. The highest BCUT2D eigenvalue weighted by Crippen LogP contribution is 2.22. The summed E-state index contributed by atoms with van der Waals surface area (Å²) in [5.74, 6) is -0.406. The average molecular weight is 288 g/mol. The largest absolute Gasteiger partial charge is 0.378 e. The summed E-state index contributed by atoms with van der Waals surface area (Å²) in [5.41, 5.74) is 0.439. The molecule has 0 aromatic heterocycles. The van der Waals surface area contributed by atoms with E-state index >= 15 is 0 Å². The molecule has 0 spiro atoms. The Hall–Kier alpha value is -0.710. The van der Waals surface area contributed by atoms with Crippen molar-refractivity contribution in [3.63, 3.8) is 0 Å². The number of rotatable bonds is 6. The molecule has 0 fully saturated rings. The molecule has 0 aliphatic carbocycles.